The molecule has 0 saturated carbocycles. The van der Waals surface area contributed by atoms with Crippen LogP contribution in [0.3, 0.4) is 0 Å². The molecule has 1 unspecified atom stereocenters. The van der Waals surface area contributed by atoms with Crippen LogP contribution >= 0.6 is 23.2 Å². The van der Waals surface area contributed by atoms with Gasteiger partial charge >= 0.3 is 0 Å². The number of nitrogens with zero attached hydrogens (tertiary/aromatic N) is 4. The summed E-state index contributed by atoms with van der Waals surface area (Å²) in [5.41, 5.74) is 2.07. The van der Waals surface area contributed by atoms with E-state index in [1.54, 1.807) is 37.3 Å². The number of ether oxygens (including phenoxy) is 1. The summed E-state index contributed by atoms with van der Waals surface area (Å²) < 4.78 is 7.11. The van der Waals surface area contributed by atoms with Crippen LogP contribution in [0.4, 0.5) is 11.6 Å². The van der Waals surface area contributed by atoms with Gasteiger partial charge in [0.2, 0.25) is 5.95 Å². The summed E-state index contributed by atoms with van der Waals surface area (Å²) in [4.78, 5) is 13.4. The molecule has 2 N–H and O–H groups in total. The van der Waals surface area contributed by atoms with Crippen molar-refractivity contribution in [2.75, 3.05) is 17.2 Å². The van der Waals surface area contributed by atoms with E-state index in [1.807, 2.05) is 19.1 Å². The van der Waals surface area contributed by atoms with Gasteiger partial charge in [-0.1, -0.05) is 46.5 Å². The van der Waals surface area contributed by atoms with Gasteiger partial charge in [-0.2, -0.15) is 4.68 Å². The Kier molecular flexibility index (Phi) is 5.61. The monoisotopic (exact) mass is 444 g/mol. The Labute approximate surface area is 182 Å². The summed E-state index contributed by atoms with van der Waals surface area (Å²) >= 11 is 13.0. The lowest BCUT2D eigenvalue weighted by molar-refractivity contribution is -0.113. The molecule has 2 heterocycles. The lowest BCUT2D eigenvalue weighted by atomic mass is 9.94. The van der Waals surface area contributed by atoms with Gasteiger partial charge in [0.25, 0.3) is 5.91 Å². The van der Waals surface area contributed by atoms with Crippen LogP contribution in [-0.2, 0) is 4.79 Å². The molecule has 2 aromatic carbocycles. The number of para-hydroxylation sites is 2. The summed E-state index contributed by atoms with van der Waals surface area (Å²) in [5, 5.41) is 18.6. The number of nitrogens with one attached hydrogen (secondary N) is 2. The molecule has 0 aliphatic carbocycles. The predicted octanol–water partition coefficient (Wildman–Crippen LogP) is 4.31. The maximum atomic E-state index is 13.4. The first-order chi connectivity index (χ1) is 14.5. The van der Waals surface area contributed by atoms with Crippen molar-refractivity contribution < 1.29 is 9.53 Å². The van der Waals surface area contributed by atoms with Crippen molar-refractivity contribution in [1.29, 1.82) is 0 Å². The number of carbonyl (C=O) groups is 1. The molecule has 1 aromatic heterocycles. The zero-order valence-corrected chi connectivity index (χ0v) is 17.7. The van der Waals surface area contributed by atoms with E-state index in [0.717, 1.165) is 0 Å². The Morgan fingerprint density at radius 1 is 1.20 bits per heavy atom. The lowest BCUT2D eigenvalue weighted by Crippen LogP contribution is -2.32. The number of hydrogen-bond acceptors (Lipinski definition) is 6. The molecule has 3 aromatic rings. The molecule has 1 atom stereocenters. The van der Waals surface area contributed by atoms with E-state index in [9.17, 15) is 4.79 Å². The third-order valence-electron chi connectivity index (χ3n) is 4.67. The van der Waals surface area contributed by atoms with Gasteiger partial charge in [0.15, 0.2) is 0 Å². The molecule has 10 heteroatoms. The molecule has 0 fully saturated rings. The van der Waals surface area contributed by atoms with E-state index in [-0.39, 0.29) is 5.91 Å². The minimum absolute atomic E-state index is 0.353. The first-order valence-corrected chi connectivity index (χ1v) is 9.99. The number of allylic oxidation sites excluding steroid dienone is 1. The highest BCUT2D eigenvalue weighted by Gasteiger charge is 2.36. The second-order valence-electron chi connectivity index (χ2n) is 6.53. The van der Waals surface area contributed by atoms with E-state index >= 15 is 0 Å². The number of fused-ring (bicyclic) bond motifs is 1. The first kappa shape index (κ1) is 20.2. The molecule has 0 radical (unpaired) electrons. The van der Waals surface area contributed by atoms with E-state index in [2.05, 4.69) is 26.2 Å². The number of carbonyl (C=O) groups excluding carboxylic acids is 1. The summed E-state index contributed by atoms with van der Waals surface area (Å²) in [6, 6.07) is 11.7. The third-order valence-corrected chi connectivity index (χ3v) is 5.33. The van der Waals surface area contributed by atoms with Gasteiger partial charge in [0, 0.05) is 21.3 Å². The van der Waals surface area contributed by atoms with Crippen LogP contribution in [0.1, 0.15) is 25.5 Å². The summed E-state index contributed by atoms with van der Waals surface area (Å²) in [6.07, 6.45) is 0. The molecular formula is C20H18Cl2N6O2. The molecule has 0 spiro atoms. The second-order valence-corrected chi connectivity index (χ2v) is 7.35. The molecule has 154 valence electrons. The van der Waals surface area contributed by atoms with Crippen LogP contribution < -0.4 is 15.4 Å². The molecule has 1 aliphatic heterocycles. The number of amides is 1. The van der Waals surface area contributed by atoms with E-state index in [0.29, 0.717) is 50.9 Å². The zero-order valence-electron chi connectivity index (χ0n) is 16.2. The molecule has 4 rings (SSSR count). The lowest BCUT2D eigenvalue weighted by Gasteiger charge is -2.29. The van der Waals surface area contributed by atoms with Crippen molar-refractivity contribution >= 4 is 40.7 Å². The highest BCUT2D eigenvalue weighted by atomic mass is 35.5. The van der Waals surface area contributed by atoms with Gasteiger partial charge in [0.05, 0.1) is 17.9 Å². The maximum Gasteiger partial charge on any atom is 0.255 e. The maximum absolute atomic E-state index is 13.4. The summed E-state index contributed by atoms with van der Waals surface area (Å²) in [6.45, 7) is 4.13. The Morgan fingerprint density at radius 3 is 2.67 bits per heavy atom. The first-order valence-electron chi connectivity index (χ1n) is 9.24. The SMILES string of the molecule is CCOc1ccccc1NC(=O)C1=C(C)Nc2nnnn2C1c1c(Cl)cccc1Cl. The number of rotatable bonds is 5. The quantitative estimate of drug-likeness (QED) is 0.608. The molecule has 1 amide bonds. The van der Waals surface area contributed by atoms with Crippen LogP contribution in [-0.4, -0.2) is 32.7 Å². The van der Waals surface area contributed by atoms with Gasteiger partial charge in [-0.25, -0.2) is 0 Å². The Balaban J connectivity index is 1.80. The van der Waals surface area contributed by atoms with Gasteiger partial charge in [-0.15, -0.1) is 0 Å². The fourth-order valence-corrected chi connectivity index (χ4v) is 3.99. The molecule has 0 saturated heterocycles. The molecule has 1 aliphatic rings. The zero-order chi connectivity index (χ0) is 21.3. The standard InChI is InChI=1S/C20H18Cl2N6O2/c1-3-30-15-10-5-4-9-14(15)24-19(29)16-11(2)23-20-25-26-27-28(20)18(16)17-12(21)7-6-8-13(17)22/h4-10,18H,3H2,1-2H3,(H,24,29)(H,23,25,27). The van der Waals surface area contributed by atoms with Crippen molar-refractivity contribution in [1.82, 2.24) is 20.2 Å². The van der Waals surface area contributed by atoms with Gasteiger partial charge in [0.1, 0.15) is 11.8 Å². The van der Waals surface area contributed by atoms with Crippen LogP contribution in [0.5, 0.6) is 5.75 Å². The fourth-order valence-electron chi connectivity index (χ4n) is 3.39. The number of tetrazole rings is 1. The Hall–Kier alpha value is -3.10. The fraction of sp³-hybridized carbons (Fsp3) is 0.200. The summed E-state index contributed by atoms with van der Waals surface area (Å²) in [5.74, 6) is 0.611. The van der Waals surface area contributed by atoms with Crippen LogP contribution in [0.25, 0.3) is 0 Å². The van der Waals surface area contributed by atoms with Crippen LogP contribution in [0, 0.1) is 0 Å². The topological polar surface area (TPSA) is 94.0 Å². The van der Waals surface area contributed by atoms with Gasteiger partial charge < -0.3 is 15.4 Å². The van der Waals surface area contributed by atoms with Crippen molar-refractivity contribution in [2.45, 2.75) is 19.9 Å². The largest absolute Gasteiger partial charge is 0.492 e. The van der Waals surface area contributed by atoms with Crippen molar-refractivity contribution in [3.8, 4) is 5.75 Å². The number of anilines is 2. The Morgan fingerprint density at radius 2 is 1.93 bits per heavy atom. The minimum atomic E-state index is -0.711. The average molecular weight is 445 g/mol. The van der Waals surface area contributed by atoms with Crippen LogP contribution in [0.2, 0.25) is 10.0 Å². The van der Waals surface area contributed by atoms with Crippen molar-refractivity contribution in [2.24, 2.45) is 0 Å². The Bertz CT molecular complexity index is 1120. The van der Waals surface area contributed by atoms with Gasteiger partial charge in [-0.3, -0.25) is 4.79 Å². The molecule has 30 heavy (non-hydrogen) atoms. The van der Waals surface area contributed by atoms with E-state index < -0.39 is 6.04 Å². The molecular weight excluding hydrogens is 427 g/mol. The number of aromatic nitrogens is 4. The van der Waals surface area contributed by atoms with Crippen molar-refractivity contribution in [3.05, 3.63) is 69.3 Å². The van der Waals surface area contributed by atoms with E-state index in [4.69, 9.17) is 27.9 Å². The highest BCUT2D eigenvalue weighted by Crippen LogP contribution is 2.41. The second kappa shape index (κ2) is 8.33. The highest BCUT2D eigenvalue weighted by molar-refractivity contribution is 6.36. The number of benzene rings is 2. The smallest absolute Gasteiger partial charge is 0.255 e. The minimum Gasteiger partial charge on any atom is -0.492 e. The molecule has 0 bridgehead atoms. The van der Waals surface area contributed by atoms with Crippen molar-refractivity contribution in [3.63, 3.8) is 0 Å². The third kappa shape index (κ3) is 3.59. The average Bonchev–Trinajstić information content (AvgIpc) is 3.17. The normalized spacial score (nSPS) is 15.4. The van der Waals surface area contributed by atoms with Gasteiger partial charge in [-0.05, 0) is 48.5 Å². The predicted molar refractivity (Wildman–Crippen MR) is 115 cm³/mol. The summed E-state index contributed by atoms with van der Waals surface area (Å²) in [7, 11) is 0. The van der Waals surface area contributed by atoms with Crippen LogP contribution in [0.15, 0.2) is 53.7 Å². The number of hydrogen-bond donors (Lipinski definition) is 2. The molecule has 8 nitrogen and oxygen atoms in total. The number of halogens is 2. The van der Waals surface area contributed by atoms with E-state index in [1.165, 1.54) is 4.68 Å².